The predicted octanol–water partition coefficient (Wildman–Crippen LogP) is 15.5. The van der Waals surface area contributed by atoms with Crippen LogP contribution in [0.1, 0.15) is 233 Å². The summed E-state index contributed by atoms with van der Waals surface area (Å²) in [7, 11) is 0. The topological polar surface area (TPSA) is 182 Å². The van der Waals surface area contributed by atoms with Crippen molar-refractivity contribution in [2.24, 2.45) is 41.4 Å². The molecule has 0 saturated heterocycles. The lowest BCUT2D eigenvalue weighted by atomic mass is 9.47. The molecule has 21 aliphatic rings. The number of hydrogen-bond donors (Lipinski definition) is 4. The van der Waals surface area contributed by atoms with Crippen LogP contribution in [0.3, 0.4) is 0 Å². The maximum atomic E-state index is 16.9. The lowest BCUT2D eigenvalue weighted by molar-refractivity contribution is -0.205. The van der Waals surface area contributed by atoms with Crippen molar-refractivity contribution in [3.05, 3.63) is 250 Å². The SMILES string of the molecule is CC(CO)=C1CC2c3ccc4c5c3C3CC2Cc2ccc(cc2)Cc2ccc6c(c2)C27c8cccc(c8CCC2CCCC7C=C6)C2C=CC46CCC5C#CCC4(Oc5ccc7c(CO)c(C(CCO)COCO)c(=O)oc7c5C(OC(=O)CC6C2)C4OC1=O)C1CC2c4ccccc4C=CC2C1C3. The maximum Gasteiger partial charge on any atom is 0.340 e. The number of rotatable bonds is 8. The largest absolute Gasteiger partial charge is 0.481 e. The summed E-state index contributed by atoms with van der Waals surface area (Å²) in [6.45, 7) is -0.288. The molecule has 12 heteroatoms. The van der Waals surface area contributed by atoms with Crippen molar-refractivity contribution >= 4 is 35.1 Å². The summed E-state index contributed by atoms with van der Waals surface area (Å²) >= 11 is 0. The monoisotopic (exact) mass is 1390 g/mol. The molecule has 18 atom stereocenters. The van der Waals surface area contributed by atoms with Gasteiger partial charge in [0.25, 0.3) is 0 Å². The molecule has 6 aromatic carbocycles. The van der Waals surface area contributed by atoms with Gasteiger partial charge in [-0.3, -0.25) is 4.79 Å². The maximum absolute atomic E-state index is 16.9. The molecule has 12 nitrogen and oxygen atoms in total. The standard InChI is InChI=1S/C92H90O12/c1-50(46-94)70-44-71-59-38-52-16-14-51(15-17-52)37-53-18-19-55-20-22-61-9-4-10-62-23-25-67-65(12-5-13-75(67)92(61,62)77(55)39-53)57-31-35-90-34-30-56-8-6-33-91(78-45-72-64-11-3-2-7-54(64)21-24-66(72)73(78)42-60(40-59)81-68(71)26-28-76(90)83(56)81)87(103-88(70)98)86(101-80(97)43-63(90)41-57)84-79(104-91)29-27-69-74(47-95)82(89(99)102-85(69)84)58(32-36-93)48-100-49-96/h2-3,5,7,11-22,24,26-29,31,35,39,56-63,66,71-73,78,86-87,93-96H,4,9-10,23,25,30,32-34,36-38,40-49H2,1H3. The summed E-state index contributed by atoms with van der Waals surface area (Å²) in [6, 6.07) is 41.2. The van der Waals surface area contributed by atoms with E-state index in [2.05, 4.69) is 145 Å². The number of allylic oxidation sites excluding steroid dienone is 4. The van der Waals surface area contributed by atoms with Gasteiger partial charge in [0.15, 0.2) is 17.8 Å². The molecule has 1 aromatic heterocycles. The zero-order valence-electron chi connectivity index (χ0n) is 59.1. The number of benzene rings is 6. The first kappa shape index (κ1) is 65.1. The molecule has 2 saturated carbocycles. The van der Waals surface area contributed by atoms with E-state index in [-0.39, 0.29) is 120 Å². The molecule has 530 valence electrons. The quantitative estimate of drug-likeness (QED) is 0.0283. The van der Waals surface area contributed by atoms with Crippen molar-refractivity contribution in [2.45, 2.75) is 187 Å². The average molecular weight is 1390 g/mol. The Morgan fingerprint density at radius 1 is 0.721 bits per heavy atom. The third-order valence-electron chi connectivity index (χ3n) is 29.0. The van der Waals surface area contributed by atoms with E-state index in [1.165, 1.54) is 90.7 Å². The van der Waals surface area contributed by atoms with Crippen LogP contribution in [0.4, 0.5) is 0 Å². The second kappa shape index (κ2) is 24.9. The van der Waals surface area contributed by atoms with Gasteiger partial charge in [-0.2, -0.15) is 0 Å². The van der Waals surface area contributed by atoms with Crippen molar-refractivity contribution in [1.82, 2.24) is 0 Å². The first-order valence-electron chi connectivity index (χ1n) is 39.0. The molecule has 21 bridgehead atoms. The molecule has 104 heavy (non-hydrogen) atoms. The summed E-state index contributed by atoms with van der Waals surface area (Å²) in [5.74, 6) is 6.09. The number of fused-ring (bicyclic) bond motifs is 9. The van der Waals surface area contributed by atoms with Crippen LogP contribution in [0.25, 0.3) is 23.1 Å². The van der Waals surface area contributed by atoms with Crippen molar-refractivity contribution in [2.75, 3.05) is 26.6 Å². The molecule has 7 aromatic rings. The number of carbonyl (C=O) groups is 2. The highest BCUT2D eigenvalue weighted by molar-refractivity contribution is 5.91. The predicted molar refractivity (Wildman–Crippen MR) is 396 cm³/mol. The second-order valence-electron chi connectivity index (χ2n) is 33.4. The Kier molecular flexibility index (Phi) is 15.6. The van der Waals surface area contributed by atoms with Crippen LogP contribution in [-0.4, -0.2) is 70.7 Å². The Morgan fingerprint density at radius 3 is 2.44 bits per heavy atom. The minimum atomic E-state index is -1.53. The lowest BCUT2D eigenvalue weighted by Crippen LogP contribution is -2.61. The van der Waals surface area contributed by atoms with E-state index >= 15 is 14.4 Å². The Balaban J connectivity index is 0.878. The fourth-order valence-electron chi connectivity index (χ4n) is 24.7. The van der Waals surface area contributed by atoms with Crippen LogP contribution in [-0.2, 0) is 60.5 Å². The minimum Gasteiger partial charge on any atom is -0.481 e. The summed E-state index contributed by atoms with van der Waals surface area (Å²) in [4.78, 5) is 48.9. The van der Waals surface area contributed by atoms with Crippen LogP contribution in [0.5, 0.6) is 5.75 Å². The number of ether oxygens (including phenoxy) is 4. The molecule has 5 heterocycles. The van der Waals surface area contributed by atoms with Gasteiger partial charge in [-0.1, -0.05) is 152 Å². The molecule has 0 amide bonds. The number of aliphatic hydroxyl groups is 4. The average Bonchev–Trinajstić information content (AvgIpc) is 0.911. The molecular weight excluding hydrogens is 1300 g/mol. The van der Waals surface area contributed by atoms with Crippen LogP contribution in [0, 0.1) is 53.3 Å². The third-order valence-corrected chi connectivity index (χ3v) is 29.0. The molecule has 18 unspecified atom stereocenters. The molecule has 2 fully saturated rings. The molecule has 3 spiro atoms. The molecule has 17 aliphatic carbocycles. The Bertz CT molecular complexity index is 5020. The highest BCUT2D eigenvalue weighted by atomic mass is 16.6. The van der Waals surface area contributed by atoms with Gasteiger partial charge < -0.3 is 43.8 Å². The first-order valence-corrected chi connectivity index (χ1v) is 39.0. The number of esters is 2. The normalized spacial score (nSPS) is 33.7. The Labute approximate surface area is 607 Å². The van der Waals surface area contributed by atoms with Crippen molar-refractivity contribution in [3.63, 3.8) is 0 Å². The van der Waals surface area contributed by atoms with Gasteiger partial charge >= 0.3 is 17.6 Å². The van der Waals surface area contributed by atoms with Crippen LogP contribution >= 0.6 is 0 Å². The second-order valence-corrected chi connectivity index (χ2v) is 33.4. The van der Waals surface area contributed by atoms with E-state index in [9.17, 15) is 20.4 Å². The van der Waals surface area contributed by atoms with E-state index < -0.39 is 72.6 Å². The first-order chi connectivity index (χ1) is 50.9. The zero-order chi connectivity index (χ0) is 70.1. The number of aliphatic hydroxyl groups excluding tert-OH is 4. The zero-order valence-corrected chi connectivity index (χ0v) is 59.1. The highest BCUT2D eigenvalue weighted by Gasteiger charge is 2.66. The van der Waals surface area contributed by atoms with Crippen LogP contribution < -0.4 is 10.4 Å². The molecular formula is C92H90O12. The van der Waals surface area contributed by atoms with Gasteiger partial charge in [-0.15, -0.1) is 0 Å². The van der Waals surface area contributed by atoms with Gasteiger partial charge in [0, 0.05) is 64.1 Å². The molecule has 4 N–H and O–H groups in total. The van der Waals surface area contributed by atoms with Crippen molar-refractivity contribution < 1.29 is 53.4 Å². The van der Waals surface area contributed by atoms with Crippen molar-refractivity contribution in [1.29, 1.82) is 0 Å². The van der Waals surface area contributed by atoms with E-state index in [0.717, 1.165) is 57.8 Å². The molecule has 4 aliphatic heterocycles. The molecule has 0 radical (unpaired) electrons. The highest BCUT2D eigenvalue weighted by Crippen LogP contribution is 2.68. The van der Waals surface area contributed by atoms with Gasteiger partial charge in [-0.05, 0) is 251 Å². The van der Waals surface area contributed by atoms with Crippen LogP contribution in [0.15, 0.2) is 154 Å². The smallest absolute Gasteiger partial charge is 0.340 e. The van der Waals surface area contributed by atoms with E-state index in [4.69, 9.17) is 23.4 Å². The lowest BCUT2D eigenvalue weighted by Gasteiger charge is -2.55. The van der Waals surface area contributed by atoms with Crippen molar-refractivity contribution in [3.8, 4) is 17.6 Å². The van der Waals surface area contributed by atoms with Gasteiger partial charge in [0.1, 0.15) is 18.1 Å². The third kappa shape index (κ3) is 9.57. The summed E-state index contributed by atoms with van der Waals surface area (Å²) in [5.41, 5.74) is 16.7. The summed E-state index contributed by atoms with van der Waals surface area (Å²) < 4.78 is 35.5. The fourth-order valence-corrected chi connectivity index (χ4v) is 24.7. The Hall–Kier alpha value is -8.41. The fraction of sp³-hybridized carbons (Fsp3) is 0.446. The Morgan fingerprint density at radius 2 is 1.58 bits per heavy atom. The summed E-state index contributed by atoms with van der Waals surface area (Å²) in [6.07, 6.45) is 24.0. The van der Waals surface area contributed by atoms with Crippen LogP contribution in [0.2, 0.25) is 0 Å². The molecule has 28 rings (SSSR count). The van der Waals surface area contributed by atoms with E-state index in [1.807, 2.05) is 13.0 Å². The number of hydrogen-bond acceptors (Lipinski definition) is 12. The van der Waals surface area contributed by atoms with Gasteiger partial charge in [-0.25, -0.2) is 9.59 Å². The summed E-state index contributed by atoms with van der Waals surface area (Å²) in [5, 5.41) is 43.9. The minimum absolute atomic E-state index is 0.00586. The number of carbonyl (C=O) groups excluding carboxylic acids is 2. The van der Waals surface area contributed by atoms with E-state index in [1.54, 1.807) is 6.07 Å². The van der Waals surface area contributed by atoms with Gasteiger partial charge in [0.05, 0.1) is 31.8 Å². The van der Waals surface area contributed by atoms with E-state index in [0.29, 0.717) is 47.0 Å². The van der Waals surface area contributed by atoms with Gasteiger partial charge in [0.2, 0.25) is 0 Å².